The third-order valence-corrected chi connectivity index (χ3v) is 5.24. The summed E-state index contributed by atoms with van der Waals surface area (Å²) in [7, 11) is 0. The molecule has 2 aromatic heterocycles. The Hall–Kier alpha value is -3.14. The summed E-state index contributed by atoms with van der Waals surface area (Å²) in [4.78, 5) is 21.9. The van der Waals surface area contributed by atoms with Gasteiger partial charge in [0.05, 0.1) is 23.4 Å². The average molecular weight is 405 g/mol. The van der Waals surface area contributed by atoms with Crippen LogP contribution in [0.4, 0.5) is 5.82 Å². The molecule has 4 N–H and O–H groups in total. The lowest BCUT2D eigenvalue weighted by atomic mass is 10.0. The number of fused-ring (bicyclic) bond motifs is 1. The van der Waals surface area contributed by atoms with E-state index >= 15 is 0 Å². The molecule has 0 spiro atoms. The molecule has 0 radical (unpaired) electrons. The fourth-order valence-electron chi connectivity index (χ4n) is 3.36. The second kappa shape index (κ2) is 10.1. The zero-order chi connectivity index (χ0) is 21.5. The number of Topliss-reactive ketones (excluding diaryl/α,β-unsaturated/α-hetero) is 1. The van der Waals surface area contributed by atoms with Gasteiger partial charge in [-0.3, -0.25) is 4.79 Å². The van der Waals surface area contributed by atoms with Gasteiger partial charge in [-0.15, -0.1) is 0 Å². The molecule has 1 aromatic carbocycles. The maximum Gasteiger partial charge on any atom is 0.162 e. The van der Waals surface area contributed by atoms with Crippen molar-refractivity contribution in [2.45, 2.75) is 32.8 Å². The zero-order valence-corrected chi connectivity index (χ0v) is 17.5. The molecule has 0 saturated carbocycles. The number of nitrogen functional groups attached to an aromatic ring is 1. The number of H-pyrrole nitrogens is 1. The first kappa shape index (κ1) is 21.6. The number of benzene rings is 1. The van der Waals surface area contributed by atoms with Crippen LogP contribution in [0, 0.1) is 11.8 Å². The summed E-state index contributed by atoms with van der Waals surface area (Å²) >= 11 is 0. The number of aliphatic hydroxyl groups excluding tert-OH is 1. The molecular formula is C24H28N4O2. The van der Waals surface area contributed by atoms with E-state index in [0.29, 0.717) is 36.3 Å². The maximum absolute atomic E-state index is 12.4. The van der Waals surface area contributed by atoms with Crippen molar-refractivity contribution >= 4 is 22.5 Å². The van der Waals surface area contributed by atoms with Crippen LogP contribution in [0.5, 0.6) is 0 Å². The molecule has 0 aliphatic heterocycles. The van der Waals surface area contributed by atoms with E-state index in [1.807, 2.05) is 24.4 Å². The normalized spacial score (nSPS) is 12.0. The highest BCUT2D eigenvalue weighted by Crippen LogP contribution is 2.20. The SMILES string of the molecule is CCN(CC)CC(O)CCC(=O)c1ccc(C#Cc2c(N)ncc3[nH]ccc23)cc1. The molecule has 3 aromatic rings. The summed E-state index contributed by atoms with van der Waals surface area (Å²) < 4.78 is 0. The number of carbonyl (C=O) groups is 1. The van der Waals surface area contributed by atoms with Crippen LogP contribution in [-0.4, -0.2) is 51.5 Å². The van der Waals surface area contributed by atoms with Gasteiger partial charge in [-0.05, 0) is 37.7 Å². The first-order valence-electron chi connectivity index (χ1n) is 10.3. The van der Waals surface area contributed by atoms with Gasteiger partial charge in [0, 0.05) is 35.7 Å². The summed E-state index contributed by atoms with van der Waals surface area (Å²) in [6.07, 6.45) is 3.81. The molecule has 6 heteroatoms. The van der Waals surface area contributed by atoms with Gasteiger partial charge in [-0.1, -0.05) is 37.8 Å². The Morgan fingerprint density at radius 2 is 1.93 bits per heavy atom. The van der Waals surface area contributed by atoms with E-state index in [1.165, 1.54) is 0 Å². The first-order valence-corrected chi connectivity index (χ1v) is 10.3. The van der Waals surface area contributed by atoms with Crippen molar-refractivity contribution in [1.29, 1.82) is 0 Å². The predicted octanol–water partition coefficient (Wildman–Crippen LogP) is 3.21. The number of aliphatic hydroxyl groups is 1. The number of aromatic nitrogens is 2. The largest absolute Gasteiger partial charge is 0.392 e. The number of likely N-dealkylation sites (N-methyl/N-ethyl adjacent to an activating group) is 1. The Balaban J connectivity index is 1.63. The molecular weight excluding hydrogens is 376 g/mol. The van der Waals surface area contributed by atoms with Crippen LogP contribution in [0.3, 0.4) is 0 Å². The Kier molecular flexibility index (Phi) is 7.23. The van der Waals surface area contributed by atoms with Crippen molar-refractivity contribution < 1.29 is 9.90 Å². The molecule has 0 fully saturated rings. The molecule has 30 heavy (non-hydrogen) atoms. The molecule has 2 heterocycles. The number of hydrogen-bond acceptors (Lipinski definition) is 5. The van der Waals surface area contributed by atoms with Crippen molar-refractivity contribution in [3.8, 4) is 11.8 Å². The highest BCUT2D eigenvalue weighted by molar-refractivity contribution is 5.96. The van der Waals surface area contributed by atoms with E-state index in [-0.39, 0.29) is 5.78 Å². The third-order valence-electron chi connectivity index (χ3n) is 5.24. The number of nitrogens with zero attached hydrogens (tertiary/aromatic N) is 2. The smallest absolute Gasteiger partial charge is 0.162 e. The van der Waals surface area contributed by atoms with Crippen LogP contribution in [0.1, 0.15) is 48.2 Å². The second-order valence-corrected chi connectivity index (χ2v) is 7.25. The van der Waals surface area contributed by atoms with Gasteiger partial charge in [0.1, 0.15) is 5.82 Å². The number of pyridine rings is 1. The van der Waals surface area contributed by atoms with E-state index < -0.39 is 6.10 Å². The molecule has 0 bridgehead atoms. The molecule has 0 saturated heterocycles. The molecule has 6 nitrogen and oxygen atoms in total. The lowest BCUT2D eigenvalue weighted by molar-refractivity contribution is 0.0877. The van der Waals surface area contributed by atoms with E-state index in [4.69, 9.17) is 5.73 Å². The fourth-order valence-corrected chi connectivity index (χ4v) is 3.36. The topological polar surface area (TPSA) is 95.2 Å². The quantitative estimate of drug-likeness (QED) is 0.396. The molecule has 3 rings (SSSR count). The summed E-state index contributed by atoms with van der Waals surface area (Å²) in [5.74, 6) is 6.61. The van der Waals surface area contributed by atoms with Crippen molar-refractivity contribution in [2.75, 3.05) is 25.4 Å². The van der Waals surface area contributed by atoms with Crippen molar-refractivity contribution in [1.82, 2.24) is 14.9 Å². The predicted molar refractivity (Wildman–Crippen MR) is 120 cm³/mol. The van der Waals surface area contributed by atoms with Crippen LogP contribution >= 0.6 is 0 Å². The molecule has 156 valence electrons. The average Bonchev–Trinajstić information content (AvgIpc) is 3.24. The molecule has 0 aliphatic carbocycles. The van der Waals surface area contributed by atoms with Crippen LogP contribution in [0.15, 0.2) is 42.7 Å². The van der Waals surface area contributed by atoms with Crippen LogP contribution < -0.4 is 5.73 Å². The highest BCUT2D eigenvalue weighted by Gasteiger charge is 2.12. The minimum Gasteiger partial charge on any atom is -0.392 e. The van der Waals surface area contributed by atoms with Crippen molar-refractivity contribution in [3.63, 3.8) is 0 Å². The van der Waals surface area contributed by atoms with Crippen LogP contribution in [-0.2, 0) is 0 Å². The highest BCUT2D eigenvalue weighted by atomic mass is 16.3. The minimum atomic E-state index is -0.491. The number of nitrogens with one attached hydrogen (secondary N) is 1. The Bertz CT molecular complexity index is 1060. The van der Waals surface area contributed by atoms with Gasteiger partial charge in [-0.2, -0.15) is 0 Å². The van der Waals surface area contributed by atoms with E-state index in [1.54, 1.807) is 18.3 Å². The number of nitrogens with two attached hydrogens (primary N) is 1. The van der Waals surface area contributed by atoms with Crippen LogP contribution in [0.25, 0.3) is 10.9 Å². The third kappa shape index (κ3) is 5.26. The van der Waals surface area contributed by atoms with E-state index in [2.05, 4.69) is 40.6 Å². The molecule has 0 aliphatic rings. The Labute approximate surface area is 177 Å². The van der Waals surface area contributed by atoms with E-state index in [0.717, 1.165) is 29.6 Å². The van der Waals surface area contributed by atoms with Gasteiger partial charge in [0.25, 0.3) is 0 Å². The Morgan fingerprint density at radius 3 is 2.63 bits per heavy atom. The zero-order valence-electron chi connectivity index (χ0n) is 17.5. The van der Waals surface area contributed by atoms with Crippen molar-refractivity contribution in [2.24, 2.45) is 0 Å². The molecule has 0 amide bonds. The van der Waals surface area contributed by atoms with E-state index in [9.17, 15) is 9.90 Å². The number of rotatable bonds is 8. The number of carbonyl (C=O) groups excluding carboxylic acids is 1. The van der Waals surface area contributed by atoms with Gasteiger partial charge < -0.3 is 20.7 Å². The molecule has 1 atom stereocenters. The van der Waals surface area contributed by atoms with Gasteiger partial charge in [-0.25, -0.2) is 4.98 Å². The first-order chi connectivity index (χ1) is 14.5. The minimum absolute atomic E-state index is 0.0265. The number of anilines is 1. The number of hydrogen-bond donors (Lipinski definition) is 3. The van der Waals surface area contributed by atoms with Gasteiger partial charge >= 0.3 is 0 Å². The lowest BCUT2D eigenvalue weighted by Crippen LogP contribution is -2.32. The summed E-state index contributed by atoms with van der Waals surface area (Å²) in [6.45, 7) is 6.51. The summed E-state index contributed by atoms with van der Waals surface area (Å²) in [5, 5.41) is 11.1. The second-order valence-electron chi connectivity index (χ2n) is 7.25. The lowest BCUT2D eigenvalue weighted by Gasteiger charge is -2.21. The Morgan fingerprint density at radius 1 is 1.20 bits per heavy atom. The molecule has 1 unspecified atom stereocenters. The summed E-state index contributed by atoms with van der Waals surface area (Å²) in [5.41, 5.74) is 8.98. The number of ketones is 1. The van der Waals surface area contributed by atoms with Gasteiger partial charge in [0.15, 0.2) is 5.78 Å². The standard InChI is InChI=1S/C24H28N4O2/c1-3-28(4-2)16-19(29)10-12-23(30)18-8-5-17(6-9-18)7-11-21-20-13-14-26-22(20)15-27-24(21)25/h5-6,8-9,13-15,19,26,29H,3-4,10,12,16H2,1-2H3,(H2,25,27). The summed E-state index contributed by atoms with van der Waals surface area (Å²) in [6, 6.07) is 9.14. The maximum atomic E-state index is 12.4. The van der Waals surface area contributed by atoms with Gasteiger partial charge in [0.2, 0.25) is 0 Å². The van der Waals surface area contributed by atoms with Crippen LogP contribution in [0.2, 0.25) is 0 Å². The fraction of sp³-hybridized carbons (Fsp3) is 0.333. The monoisotopic (exact) mass is 404 g/mol. The number of aromatic amines is 1. The van der Waals surface area contributed by atoms with Crippen molar-refractivity contribution in [3.05, 3.63) is 59.4 Å².